The maximum Gasteiger partial charge on any atom is 0.255 e. The molecule has 2 aromatic carbocycles. The van der Waals surface area contributed by atoms with Crippen molar-refractivity contribution in [3.05, 3.63) is 88.8 Å². The fourth-order valence-electron chi connectivity index (χ4n) is 4.95. The predicted molar refractivity (Wildman–Crippen MR) is 173 cm³/mol. The first-order valence-corrected chi connectivity index (χ1v) is 15.7. The zero-order chi connectivity index (χ0) is 31.9. The maximum atomic E-state index is 13.1. The predicted octanol–water partition coefficient (Wildman–Crippen LogP) is 5.61. The number of benzene rings is 2. The third kappa shape index (κ3) is 9.58. The molecule has 0 radical (unpaired) electrons. The lowest BCUT2D eigenvalue weighted by Gasteiger charge is -2.29. The van der Waals surface area contributed by atoms with E-state index in [-0.39, 0.29) is 6.04 Å². The molecule has 2 heterocycles. The van der Waals surface area contributed by atoms with Crippen LogP contribution in [0.5, 0.6) is 0 Å². The smallest absolute Gasteiger partial charge is 0.255 e. The largest absolute Gasteiger partial charge is 0.482 e. The summed E-state index contributed by atoms with van der Waals surface area (Å²) >= 11 is 5.96. The highest BCUT2D eigenvalue weighted by molar-refractivity contribution is 6.17. The lowest BCUT2D eigenvalue weighted by atomic mass is 10.00. The molecular weight excluding hydrogens is 566 g/mol. The summed E-state index contributed by atoms with van der Waals surface area (Å²) in [7, 11) is 1.61. The Morgan fingerprint density at radius 2 is 1.79 bits per heavy atom. The Labute approximate surface area is 261 Å². The summed E-state index contributed by atoms with van der Waals surface area (Å²) in [5.74, 6) is -0.432. The first-order valence-electron chi connectivity index (χ1n) is 15.2. The molecule has 236 valence electrons. The van der Waals surface area contributed by atoms with Gasteiger partial charge < -0.3 is 30.5 Å². The van der Waals surface area contributed by atoms with Gasteiger partial charge in [0.15, 0.2) is 18.1 Å². The van der Waals surface area contributed by atoms with Crippen LogP contribution in [0.1, 0.15) is 88.2 Å². The molecule has 9 heteroatoms. The number of hydrogen-bond acceptors (Lipinski definition) is 6. The summed E-state index contributed by atoms with van der Waals surface area (Å²) in [6.45, 7) is 11.2. The van der Waals surface area contributed by atoms with Gasteiger partial charge in [-0.2, -0.15) is 0 Å². The second-order valence-electron chi connectivity index (χ2n) is 10.2. The van der Waals surface area contributed by atoms with Crippen LogP contribution >= 0.6 is 11.6 Å². The van der Waals surface area contributed by atoms with Crippen molar-refractivity contribution in [3.63, 3.8) is 0 Å². The van der Waals surface area contributed by atoms with Crippen LogP contribution in [-0.4, -0.2) is 59.3 Å². The number of halogens is 1. The number of allylic oxidation sites excluding steroid dienone is 2. The fraction of sp³-hybridized carbons (Fsp3) is 0.471. The Morgan fingerprint density at radius 1 is 1.12 bits per heavy atom. The maximum absolute atomic E-state index is 13.1. The van der Waals surface area contributed by atoms with Crippen molar-refractivity contribution in [2.75, 3.05) is 20.2 Å². The van der Waals surface area contributed by atoms with Crippen LogP contribution in [0, 0.1) is 0 Å². The van der Waals surface area contributed by atoms with E-state index in [9.17, 15) is 19.8 Å². The Morgan fingerprint density at radius 3 is 2.42 bits per heavy atom. The minimum Gasteiger partial charge on any atom is -0.482 e. The number of amides is 2. The van der Waals surface area contributed by atoms with Crippen LogP contribution in [0.15, 0.2) is 66.6 Å². The number of likely N-dealkylation sites (tertiary alicyclic amines) is 1. The zero-order valence-electron chi connectivity index (χ0n) is 26.3. The van der Waals surface area contributed by atoms with Crippen molar-refractivity contribution in [2.45, 2.75) is 84.1 Å². The number of hydrogen-bond donors (Lipinski definition) is 4. The van der Waals surface area contributed by atoms with Crippen molar-refractivity contribution in [1.82, 2.24) is 15.5 Å². The molecular formula is C34H48ClN3O5. The van der Waals surface area contributed by atoms with Gasteiger partial charge in [0.05, 0.1) is 19.2 Å². The van der Waals surface area contributed by atoms with Gasteiger partial charge in [0.25, 0.3) is 11.8 Å². The molecule has 2 aromatic rings. The van der Waals surface area contributed by atoms with Gasteiger partial charge in [-0.3, -0.25) is 9.59 Å². The van der Waals surface area contributed by atoms with Gasteiger partial charge in [-0.25, -0.2) is 0 Å². The van der Waals surface area contributed by atoms with E-state index in [0.717, 1.165) is 40.7 Å². The summed E-state index contributed by atoms with van der Waals surface area (Å²) in [5.41, 5.74) is 4.54. The number of ether oxygens (including phenoxy) is 1. The van der Waals surface area contributed by atoms with Crippen LogP contribution in [-0.2, 0) is 20.2 Å². The molecule has 0 aromatic heterocycles. The SMILES string of the molecule is CC.CCC.COC1=C(c2ccc(C(C)NC(=O)C(O)C(O)C(=O)N3CCCC3c3cccc(CCl)c3)cc2)C=CCN1. The first-order chi connectivity index (χ1) is 20.7. The van der Waals surface area contributed by atoms with E-state index in [4.69, 9.17) is 16.3 Å². The normalized spacial score (nSPS) is 17.8. The highest BCUT2D eigenvalue weighted by Crippen LogP contribution is 2.33. The summed E-state index contributed by atoms with van der Waals surface area (Å²) in [6.07, 6.45) is 2.97. The van der Waals surface area contributed by atoms with Gasteiger partial charge in [0.1, 0.15) is 0 Å². The van der Waals surface area contributed by atoms with Crippen LogP contribution in [0.3, 0.4) is 0 Å². The van der Waals surface area contributed by atoms with E-state index < -0.39 is 30.1 Å². The monoisotopic (exact) mass is 613 g/mol. The fourth-order valence-corrected chi connectivity index (χ4v) is 5.12. The summed E-state index contributed by atoms with van der Waals surface area (Å²) in [5, 5.41) is 27.1. The third-order valence-corrected chi connectivity index (χ3v) is 7.35. The molecule has 0 aliphatic carbocycles. The van der Waals surface area contributed by atoms with Gasteiger partial charge in [0.2, 0.25) is 0 Å². The Hall–Kier alpha value is -3.33. The Balaban J connectivity index is 0.00000121. The molecule has 8 nitrogen and oxygen atoms in total. The second-order valence-corrected chi connectivity index (χ2v) is 10.5. The quantitative estimate of drug-likeness (QED) is 0.274. The Bertz CT molecular complexity index is 1230. The molecule has 0 bridgehead atoms. The highest BCUT2D eigenvalue weighted by Gasteiger charge is 2.38. The first kappa shape index (κ1) is 35.9. The lowest BCUT2D eigenvalue weighted by Crippen LogP contribution is -2.50. The van der Waals surface area contributed by atoms with E-state index in [1.165, 1.54) is 11.3 Å². The number of carbonyl (C=O) groups excluding carboxylic acids is 2. The number of nitrogens with zero attached hydrogens (tertiary/aromatic N) is 1. The zero-order valence-corrected chi connectivity index (χ0v) is 27.0. The number of alkyl halides is 1. The molecule has 1 saturated heterocycles. The topological polar surface area (TPSA) is 111 Å². The number of dihydropyridines is 1. The molecule has 43 heavy (non-hydrogen) atoms. The summed E-state index contributed by atoms with van der Waals surface area (Å²) in [4.78, 5) is 27.4. The van der Waals surface area contributed by atoms with Gasteiger partial charge in [-0.1, -0.05) is 94.8 Å². The number of aliphatic hydroxyl groups excluding tert-OH is 2. The molecule has 2 aliphatic rings. The molecule has 0 saturated carbocycles. The number of rotatable bonds is 9. The number of methoxy groups -OCH3 is 1. The molecule has 1 fully saturated rings. The second kappa shape index (κ2) is 18.4. The number of aliphatic hydroxyl groups is 2. The van der Waals surface area contributed by atoms with Crippen molar-refractivity contribution in [2.24, 2.45) is 0 Å². The molecule has 2 amide bonds. The number of carbonyl (C=O) groups is 2. The van der Waals surface area contributed by atoms with Crippen LogP contribution < -0.4 is 10.6 Å². The van der Waals surface area contributed by atoms with Crippen molar-refractivity contribution < 1.29 is 24.5 Å². The van der Waals surface area contributed by atoms with E-state index in [1.54, 1.807) is 14.0 Å². The van der Waals surface area contributed by atoms with Crippen molar-refractivity contribution >= 4 is 29.0 Å². The standard InChI is InChI=1S/C29H34ClN3O5.C3H8.C2H6/c1-18(20-10-12-21(13-11-20)23-8-4-14-31-28(23)38-2)32-27(36)25(34)26(35)29(37)33-15-5-9-24(33)22-7-3-6-19(16-22)17-30;1-3-2;1-2/h3-4,6-8,10-13,16,18,24-26,31,34-35H,5,9,14-15,17H2,1-2H3,(H,32,36);3H2,1-2H3;1-2H3. The molecule has 4 atom stereocenters. The lowest BCUT2D eigenvalue weighted by molar-refractivity contribution is -0.154. The third-order valence-electron chi connectivity index (χ3n) is 7.04. The van der Waals surface area contributed by atoms with Crippen molar-refractivity contribution in [1.29, 1.82) is 0 Å². The summed E-state index contributed by atoms with van der Waals surface area (Å²) in [6, 6.07) is 14.6. The molecule has 4 unspecified atom stereocenters. The van der Waals surface area contributed by atoms with Gasteiger partial charge >= 0.3 is 0 Å². The van der Waals surface area contributed by atoms with Gasteiger partial charge in [-0.05, 0) is 42.0 Å². The van der Waals surface area contributed by atoms with E-state index in [2.05, 4.69) is 24.5 Å². The molecule has 2 aliphatic heterocycles. The minimum atomic E-state index is -1.90. The van der Waals surface area contributed by atoms with Crippen LogP contribution in [0.25, 0.3) is 5.57 Å². The van der Waals surface area contributed by atoms with Gasteiger partial charge in [-0.15, -0.1) is 11.6 Å². The van der Waals surface area contributed by atoms with E-state index in [0.29, 0.717) is 24.9 Å². The van der Waals surface area contributed by atoms with E-state index in [1.807, 2.05) is 74.5 Å². The van der Waals surface area contributed by atoms with Crippen LogP contribution in [0.4, 0.5) is 0 Å². The minimum absolute atomic E-state index is 0.240. The molecule has 0 spiro atoms. The van der Waals surface area contributed by atoms with Crippen molar-refractivity contribution in [3.8, 4) is 0 Å². The molecule has 4 rings (SSSR count). The molecule has 4 N–H and O–H groups in total. The Kier molecular flexibility index (Phi) is 15.3. The van der Waals surface area contributed by atoms with Crippen LogP contribution in [0.2, 0.25) is 0 Å². The average molecular weight is 614 g/mol. The van der Waals surface area contributed by atoms with Gasteiger partial charge in [0, 0.05) is 24.5 Å². The number of nitrogens with one attached hydrogen (secondary N) is 2. The average Bonchev–Trinajstić information content (AvgIpc) is 3.55. The van der Waals surface area contributed by atoms with E-state index >= 15 is 0 Å². The highest BCUT2D eigenvalue weighted by atomic mass is 35.5. The summed E-state index contributed by atoms with van der Waals surface area (Å²) < 4.78 is 5.41.